The van der Waals surface area contributed by atoms with E-state index in [-0.39, 0.29) is 11.1 Å². The Morgan fingerprint density at radius 2 is 2.18 bits per heavy atom. The maximum atomic E-state index is 12.9. The predicted octanol–water partition coefficient (Wildman–Crippen LogP) is 2.01. The second kappa shape index (κ2) is 7.61. The molecule has 2 N–H and O–H groups in total. The summed E-state index contributed by atoms with van der Waals surface area (Å²) in [7, 11) is 1.61. The first kappa shape index (κ1) is 14.4. The van der Waals surface area contributed by atoms with E-state index in [9.17, 15) is 4.39 Å². The summed E-state index contributed by atoms with van der Waals surface area (Å²) in [6.07, 6.45) is 0.604. The molecule has 0 saturated heterocycles. The van der Waals surface area contributed by atoms with Crippen LogP contribution in [-0.4, -0.2) is 33.0 Å². The second-order valence-corrected chi connectivity index (χ2v) is 4.19. The van der Waals surface area contributed by atoms with Gasteiger partial charge in [-0.25, -0.2) is 4.39 Å². The summed E-state index contributed by atoms with van der Waals surface area (Å²) >= 11 is 5.68. The largest absolute Gasteiger partial charge is 0.382 e. The minimum Gasteiger partial charge on any atom is -0.382 e. The Labute approximate surface area is 106 Å². The molecule has 3 nitrogen and oxygen atoms in total. The van der Waals surface area contributed by atoms with Gasteiger partial charge in [-0.05, 0) is 24.1 Å². The summed E-state index contributed by atoms with van der Waals surface area (Å²) in [5.41, 5.74) is 6.78. The third-order valence-corrected chi connectivity index (χ3v) is 2.54. The van der Waals surface area contributed by atoms with Gasteiger partial charge in [0.1, 0.15) is 5.82 Å². The van der Waals surface area contributed by atoms with Crippen molar-refractivity contribution in [2.45, 2.75) is 12.5 Å². The molecule has 0 bridgehead atoms. The molecule has 0 aromatic heterocycles. The molecular formula is C12H17ClFNO2. The fourth-order valence-corrected chi connectivity index (χ4v) is 1.61. The molecular weight excluding hydrogens is 245 g/mol. The van der Waals surface area contributed by atoms with Gasteiger partial charge in [0, 0.05) is 13.2 Å². The van der Waals surface area contributed by atoms with Crippen LogP contribution in [0.25, 0.3) is 0 Å². The van der Waals surface area contributed by atoms with Crippen molar-refractivity contribution < 1.29 is 13.9 Å². The van der Waals surface area contributed by atoms with E-state index in [1.807, 2.05) is 0 Å². The Morgan fingerprint density at radius 3 is 2.82 bits per heavy atom. The zero-order valence-electron chi connectivity index (χ0n) is 9.79. The summed E-state index contributed by atoms with van der Waals surface area (Å²) in [6, 6.07) is 4.48. The van der Waals surface area contributed by atoms with Crippen molar-refractivity contribution in [1.29, 1.82) is 0 Å². The van der Waals surface area contributed by atoms with E-state index >= 15 is 0 Å². The van der Waals surface area contributed by atoms with E-state index in [1.54, 1.807) is 19.2 Å². The van der Waals surface area contributed by atoms with Gasteiger partial charge in [-0.15, -0.1) is 0 Å². The molecule has 96 valence electrons. The number of hydrogen-bond acceptors (Lipinski definition) is 3. The van der Waals surface area contributed by atoms with Crippen LogP contribution in [0.4, 0.5) is 4.39 Å². The van der Waals surface area contributed by atoms with Crippen molar-refractivity contribution in [2.75, 3.05) is 26.9 Å². The summed E-state index contributed by atoms with van der Waals surface area (Å²) in [5, 5.41) is 0.120. The SMILES string of the molecule is COCCOCC(N)Cc1ccc(F)c(Cl)c1. The predicted molar refractivity (Wildman–Crippen MR) is 65.8 cm³/mol. The van der Waals surface area contributed by atoms with Gasteiger partial charge in [-0.1, -0.05) is 17.7 Å². The third-order valence-electron chi connectivity index (χ3n) is 2.25. The lowest BCUT2D eigenvalue weighted by molar-refractivity contribution is 0.0637. The Hall–Kier alpha value is -0.680. The molecule has 0 saturated carbocycles. The van der Waals surface area contributed by atoms with Crippen LogP contribution < -0.4 is 5.73 Å². The van der Waals surface area contributed by atoms with Gasteiger partial charge < -0.3 is 15.2 Å². The fourth-order valence-electron chi connectivity index (χ4n) is 1.41. The highest BCUT2D eigenvalue weighted by Crippen LogP contribution is 2.16. The van der Waals surface area contributed by atoms with Crippen molar-refractivity contribution in [3.8, 4) is 0 Å². The molecule has 1 aromatic carbocycles. The number of nitrogens with two attached hydrogens (primary N) is 1. The smallest absolute Gasteiger partial charge is 0.141 e. The molecule has 0 amide bonds. The van der Waals surface area contributed by atoms with Gasteiger partial charge >= 0.3 is 0 Å². The Kier molecular flexibility index (Phi) is 6.44. The first-order valence-electron chi connectivity index (χ1n) is 5.39. The molecule has 0 spiro atoms. The summed E-state index contributed by atoms with van der Waals surface area (Å²) < 4.78 is 23.1. The van der Waals surface area contributed by atoms with Gasteiger partial charge in [-0.2, -0.15) is 0 Å². The lowest BCUT2D eigenvalue weighted by Crippen LogP contribution is -2.29. The normalized spacial score (nSPS) is 12.7. The van der Waals surface area contributed by atoms with E-state index in [0.29, 0.717) is 26.2 Å². The zero-order chi connectivity index (χ0) is 12.7. The van der Waals surface area contributed by atoms with Crippen LogP contribution in [-0.2, 0) is 15.9 Å². The van der Waals surface area contributed by atoms with Gasteiger partial charge in [0.15, 0.2) is 0 Å². The maximum Gasteiger partial charge on any atom is 0.141 e. The molecule has 0 radical (unpaired) electrons. The fraction of sp³-hybridized carbons (Fsp3) is 0.500. The van der Waals surface area contributed by atoms with Gasteiger partial charge in [0.2, 0.25) is 0 Å². The molecule has 1 rings (SSSR count). The molecule has 1 aromatic rings. The summed E-state index contributed by atoms with van der Waals surface area (Å²) in [5.74, 6) is -0.416. The van der Waals surface area contributed by atoms with E-state index in [0.717, 1.165) is 5.56 Å². The van der Waals surface area contributed by atoms with Crippen molar-refractivity contribution in [3.05, 3.63) is 34.6 Å². The van der Waals surface area contributed by atoms with Gasteiger partial charge in [0.05, 0.1) is 24.8 Å². The average Bonchev–Trinajstić information content (AvgIpc) is 2.30. The average molecular weight is 262 g/mol. The minimum atomic E-state index is -0.416. The number of rotatable bonds is 7. The zero-order valence-corrected chi connectivity index (χ0v) is 10.5. The van der Waals surface area contributed by atoms with Gasteiger partial charge in [0.25, 0.3) is 0 Å². The number of ether oxygens (including phenoxy) is 2. The lowest BCUT2D eigenvalue weighted by atomic mass is 10.1. The second-order valence-electron chi connectivity index (χ2n) is 3.78. The Bertz CT molecular complexity index is 349. The number of methoxy groups -OCH3 is 1. The number of benzene rings is 1. The van der Waals surface area contributed by atoms with Crippen LogP contribution in [0.2, 0.25) is 5.02 Å². The minimum absolute atomic E-state index is 0.120. The molecule has 17 heavy (non-hydrogen) atoms. The standard InChI is InChI=1S/C12H17ClFNO2/c1-16-4-5-17-8-10(15)6-9-2-3-12(14)11(13)7-9/h2-3,7,10H,4-6,8,15H2,1H3. The highest BCUT2D eigenvalue weighted by molar-refractivity contribution is 6.30. The monoisotopic (exact) mass is 261 g/mol. The quantitative estimate of drug-likeness (QED) is 0.764. The van der Waals surface area contributed by atoms with Crippen LogP contribution in [0.5, 0.6) is 0 Å². The van der Waals surface area contributed by atoms with Crippen molar-refractivity contribution in [1.82, 2.24) is 0 Å². The third kappa shape index (κ3) is 5.46. The Balaban J connectivity index is 2.34. The van der Waals surface area contributed by atoms with E-state index in [4.69, 9.17) is 26.8 Å². The summed E-state index contributed by atoms with van der Waals surface area (Å²) in [4.78, 5) is 0. The van der Waals surface area contributed by atoms with Crippen molar-refractivity contribution >= 4 is 11.6 Å². The van der Waals surface area contributed by atoms with Crippen LogP contribution in [0.3, 0.4) is 0 Å². The molecule has 0 fully saturated rings. The molecule has 5 heteroatoms. The molecule has 1 unspecified atom stereocenters. The van der Waals surface area contributed by atoms with Crippen molar-refractivity contribution in [3.63, 3.8) is 0 Å². The maximum absolute atomic E-state index is 12.9. The van der Waals surface area contributed by atoms with Gasteiger partial charge in [-0.3, -0.25) is 0 Å². The highest BCUT2D eigenvalue weighted by Gasteiger charge is 2.06. The van der Waals surface area contributed by atoms with E-state index in [1.165, 1.54) is 6.07 Å². The lowest BCUT2D eigenvalue weighted by Gasteiger charge is -2.12. The van der Waals surface area contributed by atoms with E-state index in [2.05, 4.69) is 0 Å². The first-order chi connectivity index (χ1) is 8.13. The highest BCUT2D eigenvalue weighted by atomic mass is 35.5. The molecule has 0 aliphatic rings. The number of hydrogen-bond donors (Lipinski definition) is 1. The molecule has 0 aliphatic heterocycles. The van der Waals surface area contributed by atoms with Crippen LogP contribution in [0.15, 0.2) is 18.2 Å². The molecule has 0 aliphatic carbocycles. The number of halogens is 2. The van der Waals surface area contributed by atoms with E-state index < -0.39 is 5.82 Å². The summed E-state index contributed by atoms with van der Waals surface area (Å²) in [6.45, 7) is 1.52. The van der Waals surface area contributed by atoms with Crippen LogP contribution in [0, 0.1) is 5.82 Å². The van der Waals surface area contributed by atoms with Crippen molar-refractivity contribution in [2.24, 2.45) is 5.73 Å². The Morgan fingerprint density at radius 1 is 1.41 bits per heavy atom. The van der Waals surface area contributed by atoms with Crippen LogP contribution in [0.1, 0.15) is 5.56 Å². The molecule has 1 atom stereocenters. The topological polar surface area (TPSA) is 44.5 Å². The molecule has 0 heterocycles. The van der Waals surface area contributed by atoms with Crippen LogP contribution >= 0.6 is 11.6 Å². The first-order valence-corrected chi connectivity index (χ1v) is 5.77.